The quantitative estimate of drug-likeness (QED) is 0.404. The van der Waals surface area contributed by atoms with Gasteiger partial charge in [0.2, 0.25) is 0 Å². The summed E-state index contributed by atoms with van der Waals surface area (Å²) in [6.07, 6.45) is 0. The van der Waals surface area contributed by atoms with Crippen LogP contribution in [-0.2, 0) is 0 Å². The van der Waals surface area contributed by atoms with E-state index in [0.29, 0.717) is 22.5 Å². The molecule has 0 bridgehead atoms. The van der Waals surface area contributed by atoms with Crippen LogP contribution in [-0.4, -0.2) is 20.2 Å². The van der Waals surface area contributed by atoms with Crippen molar-refractivity contribution in [2.45, 2.75) is 0 Å². The molecule has 0 spiro atoms. The Morgan fingerprint density at radius 1 is 0.464 bits per heavy atom. The van der Waals surface area contributed by atoms with Gasteiger partial charge in [0.1, 0.15) is 11.5 Å². The van der Waals surface area contributed by atoms with Crippen LogP contribution in [0.2, 0.25) is 0 Å². The summed E-state index contributed by atoms with van der Waals surface area (Å²) >= 11 is 0. The van der Waals surface area contributed by atoms with Crippen LogP contribution in [0.1, 0.15) is 0 Å². The molecule has 0 aliphatic rings. The van der Waals surface area contributed by atoms with Crippen molar-refractivity contribution < 1.29 is 10.2 Å². The Labute approximate surface area is 161 Å². The SMILES string of the molecule is Oc1ccccc1-c1ccc2ccc3ccc(-c4ccccc4O)nc3c2n1. The maximum Gasteiger partial charge on any atom is 0.124 e. The van der Waals surface area contributed by atoms with E-state index in [2.05, 4.69) is 0 Å². The second-order valence-corrected chi connectivity index (χ2v) is 6.64. The molecule has 0 aliphatic heterocycles. The molecule has 0 amide bonds. The van der Waals surface area contributed by atoms with Crippen molar-refractivity contribution in [1.82, 2.24) is 9.97 Å². The first-order valence-corrected chi connectivity index (χ1v) is 8.98. The second kappa shape index (κ2) is 6.35. The van der Waals surface area contributed by atoms with Gasteiger partial charge in [0.25, 0.3) is 0 Å². The Morgan fingerprint density at radius 3 is 1.29 bits per heavy atom. The molecule has 5 aromatic rings. The Kier molecular flexibility index (Phi) is 3.69. The summed E-state index contributed by atoms with van der Waals surface area (Å²) in [5.74, 6) is 0.384. The van der Waals surface area contributed by atoms with Crippen LogP contribution in [0.4, 0.5) is 0 Å². The average Bonchev–Trinajstić information content (AvgIpc) is 2.74. The largest absolute Gasteiger partial charge is 0.507 e. The highest BCUT2D eigenvalue weighted by Crippen LogP contribution is 2.33. The lowest BCUT2D eigenvalue weighted by molar-refractivity contribution is 0.476. The minimum Gasteiger partial charge on any atom is -0.507 e. The third-order valence-electron chi connectivity index (χ3n) is 4.88. The van der Waals surface area contributed by atoms with Crippen molar-refractivity contribution in [3.63, 3.8) is 0 Å². The van der Waals surface area contributed by atoms with Crippen LogP contribution < -0.4 is 0 Å². The number of nitrogens with zero attached hydrogens (tertiary/aromatic N) is 2. The van der Waals surface area contributed by atoms with Crippen molar-refractivity contribution >= 4 is 21.8 Å². The van der Waals surface area contributed by atoms with Gasteiger partial charge >= 0.3 is 0 Å². The van der Waals surface area contributed by atoms with Crippen molar-refractivity contribution in [3.8, 4) is 34.0 Å². The van der Waals surface area contributed by atoms with Crippen molar-refractivity contribution in [2.24, 2.45) is 0 Å². The molecule has 3 aromatic carbocycles. The zero-order valence-corrected chi connectivity index (χ0v) is 14.9. The molecule has 2 aromatic heterocycles. The fraction of sp³-hybridized carbons (Fsp3) is 0. The smallest absolute Gasteiger partial charge is 0.124 e. The lowest BCUT2D eigenvalue weighted by Crippen LogP contribution is -1.91. The topological polar surface area (TPSA) is 66.2 Å². The van der Waals surface area contributed by atoms with Crippen molar-refractivity contribution in [3.05, 3.63) is 84.9 Å². The van der Waals surface area contributed by atoms with Gasteiger partial charge in [0.15, 0.2) is 0 Å². The maximum absolute atomic E-state index is 10.2. The molecule has 0 unspecified atom stereocenters. The number of pyridine rings is 2. The van der Waals surface area contributed by atoms with Crippen LogP contribution >= 0.6 is 0 Å². The van der Waals surface area contributed by atoms with E-state index in [1.807, 2.05) is 60.7 Å². The standard InChI is InChI=1S/C24H16N2O2/c27-21-7-3-1-5-17(21)19-13-11-15-9-10-16-12-14-20(26-24(16)23(15)25-19)18-6-2-4-8-22(18)28/h1-14,27-28H. The average molecular weight is 364 g/mol. The molecule has 4 heteroatoms. The number of hydrogen-bond acceptors (Lipinski definition) is 4. The molecule has 0 saturated carbocycles. The molecular weight excluding hydrogens is 348 g/mol. The molecule has 28 heavy (non-hydrogen) atoms. The monoisotopic (exact) mass is 364 g/mol. The number of benzene rings is 3. The first-order chi connectivity index (χ1) is 13.7. The summed E-state index contributed by atoms with van der Waals surface area (Å²) in [6, 6.07) is 26.1. The van der Waals surface area contributed by atoms with E-state index in [-0.39, 0.29) is 11.5 Å². The zero-order valence-electron chi connectivity index (χ0n) is 14.9. The van der Waals surface area contributed by atoms with E-state index in [1.165, 1.54) is 0 Å². The molecule has 0 radical (unpaired) electrons. The zero-order chi connectivity index (χ0) is 19.1. The minimum absolute atomic E-state index is 0.192. The van der Waals surface area contributed by atoms with Crippen molar-refractivity contribution in [2.75, 3.05) is 0 Å². The second-order valence-electron chi connectivity index (χ2n) is 6.64. The summed E-state index contributed by atoms with van der Waals surface area (Å²) in [7, 11) is 0. The number of para-hydroxylation sites is 2. The number of fused-ring (bicyclic) bond motifs is 3. The van der Waals surface area contributed by atoms with Gasteiger partial charge in [-0.1, -0.05) is 48.5 Å². The Hall–Kier alpha value is -3.92. The molecule has 2 heterocycles. The first-order valence-electron chi connectivity index (χ1n) is 8.98. The first kappa shape index (κ1) is 16.3. The Bertz CT molecular complexity index is 1240. The van der Waals surface area contributed by atoms with Crippen LogP contribution in [0.15, 0.2) is 84.9 Å². The van der Waals surface area contributed by atoms with E-state index in [4.69, 9.17) is 9.97 Å². The van der Waals surface area contributed by atoms with E-state index in [0.717, 1.165) is 21.8 Å². The lowest BCUT2D eigenvalue weighted by Gasteiger charge is -2.09. The fourth-order valence-corrected chi connectivity index (χ4v) is 3.45. The Morgan fingerprint density at radius 2 is 0.857 bits per heavy atom. The third-order valence-corrected chi connectivity index (χ3v) is 4.88. The summed E-state index contributed by atoms with van der Waals surface area (Å²) in [6.45, 7) is 0. The highest BCUT2D eigenvalue weighted by molar-refractivity contribution is 6.04. The van der Waals surface area contributed by atoms with E-state index >= 15 is 0 Å². The van der Waals surface area contributed by atoms with Gasteiger partial charge in [-0.25, -0.2) is 9.97 Å². The molecule has 0 atom stereocenters. The maximum atomic E-state index is 10.2. The van der Waals surface area contributed by atoms with E-state index in [9.17, 15) is 10.2 Å². The molecular formula is C24H16N2O2. The van der Waals surface area contributed by atoms with E-state index < -0.39 is 0 Å². The third kappa shape index (κ3) is 2.63. The van der Waals surface area contributed by atoms with Crippen LogP contribution in [0.5, 0.6) is 11.5 Å². The number of rotatable bonds is 2. The molecule has 0 aliphatic carbocycles. The molecule has 134 valence electrons. The molecule has 2 N–H and O–H groups in total. The number of phenolic OH excluding ortho intramolecular Hbond substituents is 2. The number of aromatic hydroxyl groups is 2. The molecule has 5 rings (SSSR count). The number of hydrogen-bond donors (Lipinski definition) is 2. The van der Waals surface area contributed by atoms with Gasteiger partial charge in [0, 0.05) is 21.9 Å². The highest BCUT2D eigenvalue weighted by Gasteiger charge is 2.11. The van der Waals surface area contributed by atoms with Gasteiger partial charge in [-0.05, 0) is 36.4 Å². The van der Waals surface area contributed by atoms with Crippen molar-refractivity contribution in [1.29, 1.82) is 0 Å². The van der Waals surface area contributed by atoms with E-state index in [1.54, 1.807) is 24.3 Å². The van der Waals surface area contributed by atoms with Crippen LogP contribution in [0.3, 0.4) is 0 Å². The van der Waals surface area contributed by atoms with Gasteiger partial charge in [-0.2, -0.15) is 0 Å². The highest BCUT2D eigenvalue weighted by atomic mass is 16.3. The lowest BCUT2D eigenvalue weighted by atomic mass is 10.0. The van der Waals surface area contributed by atoms with Gasteiger partial charge in [0.05, 0.1) is 22.4 Å². The van der Waals surface area contributed by atoms with Gasteiger partial charge < -0.3 is 10.2 Å². The normalized spacial score (nSPS) is 11.1. The number of aromatic nitrogens is 2. The molecule has 4 nitrogen and oxygen atoms in total. The summed E-state index contributed by atoms with van der Waals surface area (Å²) in [5.41, 5.74) is 4.25. The number of phenols is 2. The summed E-state index contributed by atoms with van der Waals surface area (Å²) in [4.78, 5) is 9.61. The van der Waals surface area contributed by atoms with Crippen LogP contribution in [0, 0.1) is 0 Å². The predicted octanol–water partition coefficient (Wildman–Crippen LogP) is 5.53. The summed E-state index contributed by atoms with van der Waals surface area (Å²) in [5, 5.41) is 22.3. The predicted molar refractivity (Wildman–Crippen MR) is 111 cm³/mol. The molecule has 0 saturated heterocycles. The Balaban J connectivity index is 1.78. The summed E-state index contributed by atoms with van der Waals surface area (Å²) < 4.78 is 0. The van der Waals surface area contributed by atoms with Gasteiger partial charge in [-0.3, -0.25) is 0 Å². The molecule has 0 fully saturated rings. The minimum atomic E-state index is 0.192. The van der Waals surface area contributed by atoms with Crippen LogP contribution in [0.25, 0.3) is 44.3 Å². The fourth-order valence-electron chi connectivity index (χ4n) is 3.45. The van der Waals surface area contributed by atoms with Gasteiger partial charge in [-0.15, -0.1) is 0 Å².